The minimum Gasteiger partial charge on any atom is -0.361 e. The van der Waals surface area contributed by atoms with Crippen molar-refractivity contribution < 1.29 is 13.2 Å². The lowest BCUT2D eigenvalue weighted by Gasteiger charge is -2.20. The Morgan fingerprint density at radius 3 is 2.83 bits per heavy atom. The lowest BCUT2D eigenvalue weighted by atomic mass is 10.0. The first-order chi connectivity index (χ1) is 11.0. The van der Waals surface area contributed by atoms with Crippen LogP contribution in [0.1, 0.15) is 11.1 Å². The van der Waals surface area contributed by atoms with Crippen LogP contribution in [0.25, 0.3) is 0 Å². The van der Waals surface area contributed by atoms with Crippen molar-refractivity contribution in [3.63, 3.8) is 0 Å². The largest absolute Gasteiger partial charge is 0.416 e. The number of nitrogens with one attached hydrogen (secondary N) is 2. The average molecular weight is 339 g/mol. The number of nitrogens with zero attached hydrogens (tertiary/aromatic N) is 1. The fourth-order valence-corrected chi connectivity index (χ4v) is 2.39. The third kappa shape index (κ3) is 4.49. The molecule has 7 heteroatoms. The zero-order valence-electron chi connectivity index (χ0n) is 12.4. The lowest BCUT2D eigenvalue weighted by Crippen LogP contribution is -2.32. The number of aliphatic imine (C=N–C) groups is 1. The highest BCUT2D eigenvalue weighted by atomic mass is 32.1. The Labute approximate surface area is 138 Å². The van der Waals surface area contributed by atoms with Crippen LogP contribution >= 0.6 is 12.2 Å². The normalized spacial score (nSPS) is 18.3. The first-order valence-corrected chi connectivity index (χ1v) is 7.38. The lowest BCUT2D eigenvalue weighted by molar-refractivity contribution is -0.137. The van der Waals surface area contributed by atoms with Crippen LogP contribution in [0.4, 0.5) is 13.2 Å². The monoisotopic (exact) mass is 339 g/mol. The molecule has 1 aliphatic heterocycles. The quantitative estimate of drug-likeness (QED) is 0.639. The zero-order valence-corrected chi connectivity index (χ0v) is 13.2. The van der Waals surface area contributed by atoms with E-state index < -0.39 is 11.7 Å². The second-order valence-corrected chi connectivity index (χ2v) is 5.16. The number of likely N-dealkylation sites (N-methyl/N-ethyl adjacent to an activating group) is 1. The number of hydrogen-bond acceptors (Lipinski definition) is 4. The number of allylic oxidation sites excluding steroid dienone is 1. The maximum absolute atomic E-state index is 12.7. The van der Waals surface area contributed by atoms with Crippen LogP contribution in [0.15, 0.2) is 52.8 Å². The van der Waals surface area contributed by atoms with Gasteiger partial charge in [0.05, 0.1) is 23.8 Å². The van der Waals surface area contributed by atoms with Crippen molar-refractivity contribution in [2.75, 3.05) is 7.05 Å². The van der Waals surface area contributed by atoms with Crippen molar-refractivity contribution in [3.8, 4) is 0 Å². The Kier molecular flexibility index (Phi) is 5.68. The van der Waals surface area contributed by atoms with Gasteiger partial charge in [0.1, 0.15) is 0 Å². The molecule has 0 spiro atoms. The number of thiocarbonyl (C=S) groups is 1. The van der Waals surface area contributed by atoms with Crippen LogP contribution < -0.4 is 10.6 Å². The average Bonchev–Trinajstić information content (AvgIpc) is 2.54. The molecule has 1 aromatic rings. The van der Waals surface area contributed by atoms with Gasteiger partial charge in [0, 0.05) is 17.2 Å². The standard InChI is InChI=1S/C16H16F3N3S/c1-20-14-5-6-22-15(10-23)13(14)9-21-8-11-3-2-4-12(7-11)16(17,18)19/h2-7,9-10,14,20,22H,8H2,1H3. The van der Waals surface area contributed by atoms with E-state index >= 15 is 0 Å². The molecule has 1 aliphatic rings. The van der Waals surface area contributed by atoms with Crippen molar-refractivity contribution in [1.29, 1.82) is 0 Å². The summed E-state index contributed by atoms with van der Waals surface area (Å²) in [6, 6.07) is 5.12. The Balaban J connectivity index is 2.15. The van der Waals surface area contributed by atoms with Gasteiger partial charge in [-0.3, -0.25) is 4.99 Å². The molecule has 3 nitrogen and oxygen atoms in total. The smallest absolute Gasteiger partial charge is 0.361 e. The highest BCUT2D eigenvalue weighted by molar-refractivity contribution is 7.79. The first-order valence-electron chi connectivity index (χ1n) is 6.91. The molecule has 0 aliphatic carbocycles. The Hall–Kier alpha value is -1.99. The molecule has 0 bridgehead atoms. The number of rotatable bonds is 5. The van der Waals surface area contributed by atoms with Gasteiger partial charge in [-0.1, -0.05) is 24.4 Å². The van der Waals surface area contributed by atoms with E-state index in [0.29, 0.717) is 5.56 Å². The first kappa shape index (κ1) is 17.4. The van der Waals surface area contributed by atoms with Gasteiger partial charge >= 0.3 is 6.18 Å². The Bertz CT molecular complexity index is 663. The summed E-state index contributed by atoms with van der Waals surface area (Å²) in [5, 5.41) is 7.64. The van der Waals surface area contributed by atoms with Crippen LogP contribution in [-0.2, 0) is 12.7 Å². The van der Waals surface area contributed by atoms with Gasteiger partial charge in [0.15, 0.2) is 0 Å². The van der Waals surface area contributed by atoms with E-state index in [2.05, 4.69) is 15.6 Å². The van der Waals surface area contributed by atoms with Crippen LogP contribution in [-0.4, -0.2) is 24.7 Å². The molecule has 0 saturated heterocycles. The van der Waals surface area contributed by atoms with Crippen molar-refractivity contribution in [2.24, 2.45) is 4.99 Å². The minimum atomic E-state index is -4.35. The molecule has 122 valence electrons. The molecule has 1 aromatic carbocycles. The van der Waals surface area contributed by atoms with E-state index in [-0.39, 0.29) is 12.6 Å². The van der Waals surface area contributed by atoms with E-state index in [9.17, 15) is 13.2 Å². The van der Waals surface area contributed by atoms with Gasteiger partial charge in [-0.2, -0.15) is 13.2 Å². The Morgan fingerprint density at radius 2 is 2.17 bits per heavy atom. The fourth-order valence-electron chi connectivity index (χ4n) is 2.19. The highest BCUT2D eigenvalue weighted by Crippen LogP contribution is 2.29. The predicted molar refractivity (Wildman–Crippen MR) is 89.4 cm³/mol. The van der Waals surface area contributed by atoms with E-state index in [0.717, 1.165) is 23.4 Å². The summed E-state index contributed by atoms with van der Waals surface area (Å²) in [5.41, 5.74) is 1.42. The van der Waals surface area contributed by atoms with Crippen LogP contribution in [0.2, 0.25) is 0 Å². The number of dihydropyridines is 1. The SMILES string of the molecule is CNC1C=CNC(C=S)=C1C=NCc1cccc(C(F)(F)F)c1. The molecule has 0 radical (unpaired) electrons. The summed E-state index contributed by atoms with van der Waals surface area (Å²) in [6.45, 7) is 0.165. The maximum Gasteiger partial charge on any atom is 0.416 e. The summed E-state index contributed by atoms with van der Waals surface area (Å²) in [6.07, 6.45) is 0.982. The molecule has 0 aromatic heterocycles. The van der Waals surface area contributed by atoms with Crippen molar-refractivity contribution in [1.82, 2.24) is 10.6 Å². The topological polar surface area (TPSA) is 36.4 Å². The van der Waals surface area contributed by atoms with Crippen LogP contribution in [0.5, 0.6) is 0 Å². The van der Waals surface area contributed by atoms with Gasteiger partial charge < -0.3 is 10.6 Å². The van der Waals surface area contributed by atoms with E-state index in [1.54, 1.807) is 18.5 Å². The van der Waals surface area contributed by atoms with Gasteiger partial charge in [-0.15, -0.1) is 0 Å². The molecule has 2 rings (SSSR count). The number of halogens is 3. The molecular formula is C16H16F3N3S. The Morgan fingerprint density at radius 1 is 1.39 bits per heavy atom. The van der Waals surface area contributed by atoms with Gasteiger partial charge in [0.2, 0.25) is 0 Å². The second kappa shape index (κ2) is 7.52. The van der Waals surface area contributed by atoms with E-state index in [4.69, 9.17) is 12.2 Å². The summed E-state index contributed by atoms with van der Waals surface area (Å²) < 4.78 is 38.1. The zero-order chi connectivity index (χ0) is 16.9. The van der Waals surface area contributed by atoms with Gasteiger partial charge in [-0.05, 0) is 37.0 Å². The number of hydrogen-bond donors (Lipinski definition) is 2. The molecular weight excluding hydrogens is 323 g/mol. The third-order valence-corrected chi connectivity index (χ3v) is 3.60. The molecule has 1 heterocycles. The predicted octanol–water partition coefficient (Wildman–Crippen LogP) is 3.23. The fraction of sp³-hybridized carbons (Fsp3) is 0.250. The molecule has 1 atom stereocenters. The molecule has 23 heavy (non-hydrogen) atoms. The third-order valence-electron chi connectivity index (χ3n) is 3.36. The minimum absolute atomic E-state index is 0.0456. The van der Waals surface area contributed by atoms with E-state index in [1.807, 2.05) is 13.1 Å². The van der Waals surface area contributed by atoms with Crippen molar-refractivity contribution in [2.45, 2.75) is 18.8 Å². The molecule has 0 saturated carbocycles. The van der Waals surface area contributed by atoms with E-state index in [1.165, 1.54) is 11.4 Å². The number of benzene rings is 1. The highest BCUT2D eigenvalue weighted by Gasteiger charge is 2.30. The second-order valence-electron chi connectivity index (χ2n) is 4.92. The molecule has 1 unspecified atom stereocenters. The van der Waals surface area contributed by atoms with Crippen LogP contribution in [0.3, 0.4) is 0 Å². The molecule has 0 amide bonds. The summed E-state index contributed by atoms with van der Waals surface area (Å²) >= 11 is 4.96. The maximum atomic E-state index is 12.7. The number of alkyl halides is 3. The molecule has 2 N–H and O–H groups in total. The van der Waals surface area contributed by atoms with Crippen LogP contribution in [0, 0.1) is 0 Å². The molecule has 0 fully saturated rings. The summed E-state index contributed by atoms with van der Waals surface area (Å²) in [4.78, 5) is 4.25. The van der Waals surface area contributed by atoms with Crippen molar-refractivity contribution in [3.05, 3.63) is 58.9 Å². The summed E-state index contributed by atoms with van der Waals surface area (Å²) in [5.74, 6) is 0. The van der Waals surface area contributed by atoms with Gasteiger partial charge in [0.25, 0.3) is 0 Å². The van der Waals surface area contributed by atoms with Gasteiger partial charge in [-0.25, -0.2) is 0 Å². The summed E-state index contributed by atoms with van der Waals surface area (Å²) in [7, 11) is 1.81. The van der Waals surface area contributed by atoms with Crippen molar-refractivity contribution >= 4 is 23.8 Å².